The first-order valence-electron chi connectivity index (χ1n) is 6.58. The number of nitrogens with zero attached hydrogens (tertiary/aromatic N) is 1. The first-order chi connectivity index (χ1) is 9.20. The van der Waals surface area contributed by atoms with E-state index in [2.05, 4.69) is 12.2 Å². The summed E-state index contributed by atoms with van der Waals surface area (Å²) in [6.07, 6.45) is 2.10. The Hall–Kier alpha value is -1.91. The number of hydrogen-bond acceptors (Lipinski definition) is 3. The molecule has 1 aromatic rings. The quantitative estimate of drug-likeness (QED) is 0.888. The van der Waals surface area contributed by atoms with Crippen LogP contribution in [-0.4, -0.2) is 31.3 Å². The lowest BCUT2D eigenvalue weighted by Crippen LogP contribution is -2.37. The monoisotopic (exact) mass is 264 g/mol. The van der Waals surface area contributed by atoms with Gasteiger partial charge in [0.1, 0.15) is 0 Å². The van der Waals surface area contributed by atoms with E-state index in [1.54, 1.807) is 4.90 Å². The molecule has 1 aromatic carbocycles. The minimum atomic E-state index is -0.0499. The first-order valence-corrected chi connectivity index (χ1v) is 6.58. The Bertz CT molecular complexity index is 448. The predicted molar refractivity (Wildman–Crippen MR) is 72.3 cm³/mol. The van der Waals surface area contributed by atoms with Crippen molar-refractivity contribution in [2.75, 3.05) is 20.4 Å². The van der Waals surface area contributed by atoms with Crippen LogP contribution in [0.15, 0.2) is 18.2 Å². The second-order valence-corrected chi connectivity index (χ2v) is 4.62. The molecule has 5 nitrogen and oxygen atoms in total. The van der Waals surface area contributed by atoms with Crippen molar-refractivity contribution in [1.29, 1.82) is 0 Å². The van der Waals surface area contributed by atoms with E-state index in [-0.39, 0.29) is 12.8 Å². The van der Waals surface area contributed by atoms with E-state index in [9.17, 15) is 4.79 Å². The van der Waals surface area contributed by atoms with Crippen LogP contribution in [0.3, 0.4) is 0 Å². The summed E-state index contributed by atoms with van der Waals surface area (Å²) in [5, 5.41) is 2.89. The van der Waals surface area contributed by atoms with Crippen LogP contribution in [-0.2, 0) is 6.54 Å². The molecule has 0 saturated heterocycles. The van der Waals surface area contributed by atoms with Crippen LogP contribution in [0.4, 0.5) is 4.79 Å². The lowest BCUT2D eigenvalue weighted by molar-refractivity contribution is 0.174. The van der Waals surface area contributed by atoms with Gasteiger partial charge in [-0.05, 0) is 24.1 Å². The van der Waals surface area contributed by atoms with Gasteiger partial charge in [-0.3, -0.25) is 0 Å². The van der Waals surface area contributed by atoms with E-state index in [0.29, 0.717) is 6.54 Å². The van der Waals surface area contributed by atoms with Crippen molar-refractivity contribution >= 4 is 6.03 Å². The van der Waals surface area contributed by atoms with E-state index >= 15 is 0 Å². The lowest BCUT2D eigenvalue weighted by Gasteiger charge is -2.17. The van der Waals surface area contributed by atoms with Crippen LogP contribution in [0, 0.1) is 0 Å². The molecule has 0 aliphatic carbocycles. The number of unbranched alkanes of at least 4 members (excludes halogenated alkanes) is 1. The molecule has 0 saturated carbocycles. The van der Waals surface area contributed by atoms with Gasteiger partial charge in [-0.1, -0.05) is 19.4 Å². The average molecular weight is 264 g/mol. The zero-order valence-electron chi connectivity index (χ0n) is 11.4. The van der Waals surface area contributed by atoms with Crippen LogP contribution in [0.2, 0.25) is 0 Å². The van der Waals surface area contributed by atoms with E-state index in [1.165, 1.54) is 0 Å². The highest BCUT2D eigenvalue weighted by atomic mass is 16.7. The molecule has 5 heteroatoms. The van der Waals surface area contributed by atoms with Crippen molar-refractivity contribution in [2.24, 2.45) is 0 Å². The molecule has 2 amide bonds. The molecule has 0 atom stereocenters. The van der Waals surface area contributed by atoms with Crippen molar-refractivity contribution in [3.63, 3.8) is 0 Å². The molecule has 2 rings (SSSR count). The normalized spacial score (nSPS) is 12.3. The molecule has 0 unspecified atom stereocenters. The van der Waals surface area contributed by atoms with Gasteiger partial charge in [0.05, 0.1) is 0 Å². The number of carbonyl (C=O) groups excluding carboxylic acids is 1. The van der Waals surface area contributed by atoms with Gasteiger partial charge in [-0.25, -0.2) is 4.79 Å². The maximum absolute atomic E-state index is 11.8. The lowest BCUT2D eigenvalue weighted by atomic mass is 10.2. The number of fused-ring (bicyclic) bond motifs is 1. The molecule has 19 heavy (non-hydrogen) atoms. The Morgan fingerprint density at radius 2 is 2.16 bits per heavy atom. The standard InChI is InChI=1S/C14H20N2O3/c1-3-4-7-16(2)14(17)15-9-11-5-6-12-13(8-11)19-10-18-12/h5-6,8H,3-4,7,9-10H2,1-2H3,(H,15,17). The molecule has 1 N–H and O–H groups in total. The number of nitrogens with one attached hydrogen (secondary N) is 1. The molecule has 0 fully saturated rings. The van der Waals surface area contributed by atoms with Crippen molar-refractivity contribution in [3.8, 4) is 11.5 Å². The van der Waals surface area contributed by atoms with Crippen molar-refractivity contribution in [3.05, 3.63) is 23.8 Å². The third-order valence-corrected chi connectivity index (χ3v) is 3.07. The van der Waals surface area contributed by atoms with Crippen molar-refractivity contribution in [1.82, 2.24) is 10.2 Å². The Labute approximate surface area is 113 Å². The Morgan fingerprint density at radius 1 is 1.37 bits per heavy atom. The Kier molecular flexibility index (Phi) is 4.49. The fraction of sp³-hybridized carbons (Fsp3) is 0.500. The second-order valence-electron chi connectivity index (χ2n) is 4.62. The van der Waals surface area contributed by atoms with E-state index in [1.807, 2.05) is 25.2 Å². The summed E-state index contributed by atoms with van der Waals surface area (Å²) in [5.74, 6) is 1.50. The molecule has 0 aromatic heterocycles. The zero-order valence-corrected chi connectivity index (χ0v) is 11.4. The molecule has 104 valence electrons. The molecule has 1 aliphatic rings. The molecule has 0 radical (unpaired) electrons. The number of amides is 2. The summed E-state index contributed by atoms with van der Waals surface area (Å²) >= 11 is 0. The highest BCUT2D eigenvalue weighted by Crippen LogP contribution is 2.32. The summed E-state index contributed by atoms with van der Waals surface area (Å²) < 4.78 is 10.5. The maximum atomic E-state index is 11.8. The van der Waals surface area contributed by atoms with Crippen LogP contribution in [0.5, 0.6) is 11.5 Å². The summed E-state index contributed by atoms with van der Waals surface area (Å²) in [7, 11) is 1.81. The number of urea groups is 1. The highest BCUT2D eigenvalue weighted by molar-refractivity contribution is 5.73. The summed E-state index contributed by atoms with van der Waals surface area (Å²) in [6.45, 7) is 3.65. The third-order valence-electron chi connectivity index (χ3n) is 3.07. The Balaban J connectivity index is 1.83. The molecule has 0 spiro atoms. The third kappa shape index (κ3) is 3.53. The second kappa shape index (κ2) is 6.31. The molecular weight excluding hydrogens is 244 g/mol. The summed E-state index contributed by atoms with van der Waals surface area (Å²) in [5.41, 5.74) is 1.00. The van der Waals surface area contributed by atoms with E-state index in [0.717, 1.165) is 36.4 Å². The van der Waals surface area contributed by atoms with Gasteiger partial charge in [0.25, 0.3) is 0 Å². The first kappa shape index (κ1) is 13.5. The highest BCUT2D eigenvalue weighted by Gasteiger charge is 2.13. The van der Waals surface area contributed by atoms with Crippen molar-refractivity contribution in [2.45, 2.75) is 26.3 Å². The minimum absolute atomic E-state index is 0.0499. The van der Waals surface area contributed by atoms with Gasteiger partial charge in [0.15, 0.2) is 11.5 Å². The molecule has 1 aliphatic heterocycles. The predicted octanol–water partition coefficient (Wildman–Crippen LogP) is 2.36. The van der Waals surface area contributed by atoms with Gasteiger partial charge in [0.2, 0.25) is 6.79 Å². The van der Waals surface area contributed by atoms with Crippen LogP contribution in [0.1, 0.15) is 25.3 Å². The number of rotatable bonds is 5. The Morgan fingerprint density at radius 3 is 2.95 bits per heavy atom. The van der Waals surface area contributed by atoms with Gasteiger partial charge < -0.3 is 19.7 Å². The SMILES string of the molecule is CCCCN(C)C(=O)NCc1ccc2c(c1)OCO2. The van der Waals surface area contributed by atoms with Gasteiger partial charge >= 0.3 is 6.03 Å². The average Bonchev–Trinajstić information content (AvgIpc) is 2.89. The number of carbonyl (C=O) groups is 1. The number of ether oxygens (including phenoxy) is 2. The van der Waals surface area contributed by atoms with E-state index in [4.69, 9.17) is 9.47 Å². The largest absolute Gasteiger partial charge is 0.454 e. The van der Waals surface area contributed by atoms with Gasteiger partial charge in [-0.15, -0.1) is 0 Å². The van der Waals surface area contributed by atoms with Crippen LogP contribution >= 0.6 is 0 Å². The fourth-order valence-corrected chi connectivity index (χ4v) is 1.86. The summed E-state index contributed by atoms with van der Waals surface area (Å²) in [4.78, 5) is 13.5. The van der Waals surface area contributed by atoms with E-state index < -0.39 is 0 Å². The number of benzene rings is 1. The molecule has 0 bridgehead atoms. The number of hydrogen-bond donors (Lipinski definition) is 1. The molecule has 1 heterocycles. The van der Waals surface area contributed by atoms with Gasteiger partial charge in [-0.2, -0.15) is 0 Å². The zero-order chi connectivity index (χ0) is 13.7. The minimum Gasteiger partial charge on any atom is -0.454 e. The van der Waals surface area contributed by atoms with Crippen molar-refractivity contribution < 1.29 is 14.3 Å². The summed E-state index contributed by atoms with van der Waals surface area (Å²) in [6, 6.07) is 5.64. The van der Waals surface area contributed by atoms with Crippen LogP contribution in [0.25, 0.3) is 0 Å². The van der Waals surface area contributed by atoms with Crippen LogP contribution < -0.4 is 14.8 Å². The topological polar surface area (TPSA) is 50.8 Å². The van der Waals surface area contributed by atoms with Gasteiger partial charge in [0, 0.05) is 20.1 Å². The smallest absolute Gasteiger partial charge is 0.317 e. The maximum Gasteiger partial charge on any atom is 0.317 e. The molecular formula is C14H20N2O3. The fourth-order valence-electron chi connectivity index (χ4n) is 1.86.